The molecule has 112 valence electrons. The molecule has 0 saturated carbocycles. The van der Waals surface area contributed by atoms with Gasteiger partial charge in [0.15, 0.2) is 0 Å². The number of hydrogen-bond donors (Lipinski definition) is 3. The van der Waals surface area contributed by atoms with Crippen LogP contribution in [0.5, 0.6) is 0 Å². The first-order chi connectivity index (χ1) is 9.43. The Morgan fingerprint density at radius 3 is 2.70 bits per heavy atom. The van der Waals surface area contributed by atoms with Crippen LogP contribution in [0, 0.1) is 6.92 Å². The summed E-state index contributed by atoms with van der Waals surface area (Å²) in [6.07, 6.45) is -0.0600. The molecule has 0 fully saturated rings. The number of aromatic carboxylic acids is 1. The number of aryl methyl sites for hydroxylation is 1. The van der Waals surface area contributed by atoms with E-state index in [1.54, 1.807) is 6.92 Å². The Balaban J connectivity index is 2.37. The van der Waals surface area contributed by atoms with Gasteiger partial charge in [-0.3, -0.25) is 0 Å². The van der Waals surface area contributed by atoms with Gasteiger partial charge in [0.25, 0.3) is 0 Å². The van der Waals surface area contributed by atoms with Gasteiger partial charge in [-0.05, 0) is 26.8 Å². The van der Waals surface area contributed by atoms with Crippen molar-refractivity contribution in [3.63, 3.8) is 0 Å². The number of hydrogen-bond acceptors (Lipinski definition) is 4. The lowest BCUT2D eigenvalue weighted by molar-refractivity contribution is 0.0695. The number of ether oxygens (including phenoxy) is 1. The number of carboxylic acids is 1. The van der Waals surface area contributed by atoms with Crippen LogP contribution in [-0.4, -0.2) is 36.4 Å². The van der Waals surface area contributed by atoms with Crippen molar-refractivity contribution < 1.29 is 23.8 Å². The van der Waals surface area contributed by atoms with Gasteiger partial charge in [0.2, 0.25) is 0 Å². The van der Waals surface area contributed by atoms with Crippen LogP contribution in [0.4, 0.5) is 4.79 Å². The SMILES string of the molecule is CCOC(C)CNC(=O)NCc1cc(C(=O)O)c(C)o1. The Hall–Kier alpha value is -2.02. The van der Waals surface area contributed by atoms with Gasteiger partial charge >= 0.3 is 12.0 Å². The van der Waals surface area contributed by atoms with Gasteiger partial charge in [0.1, 0.15) is 17.1 Å². The zero-order chi connectivity index (χ0) is 15.1. The molecule has 1 unspecified atom stereocenters. The second kappa shape index (κ2) is 7.54. The van der Waals surface area contributed by atoms with Crippen LogP contribution in [-0.2, 0) is 11.3 Å². The molecule has 0 aliphatic heterocycles. The van der Waals surface area contributed by atoms with E-state index in [0.717, 1.165) is 0 Å². The van der Waals surface area contributed by atoms with E-state index in [0.29, 0.717) is 24.7 Å². The van der Waals surface area contributed by atoms with Crippen molar-refractivity contribution in [2.24, 2.45) is 0 Å². The standard InChI is InChI=1S/C13H20N2O5/c1-4-19-8(2)6-14-13(18)15-7-10-5-11(12(16)17)9(3)20-10/h5,8H,4,6-7H2,1-3H3,(H,16,17)(H2,14,15,18). The molecule has 1 atom stereocenters. The summed E-state index contributed by atoms with van der Waals surface area (Å²) in [6.45, 7) is 6.43. The first-order valence-electron chi connectivity index (χ1n) is 6.40. The lowest BCUT2D eigenvalue weighted by Crippen LogP contribution is -2.39. The normalized spacial score (nSPS) is 11.9. The minimum absolute atomic E-state index is 0.0600. The molecule has 7 heteroatoms. The molecule has 0 bridgehead atoms. The number of carboxylic acid groups (broad SMARTS) is 1. The second-order valence-corrected chi connectivity index (χ2v) is 4.32. The van der Waals surface area contributed by atoms with Gasteiger partial charge in [0.05, 0.1) is 12.6 Å². The van der Waals surface area contributed by atoms with Crippen LogP contribution < -0.4 is 10.6 Å². The van der Waals surface area contributed by atoms with Crippen molar-refractivity contribution in [2.45, 2.75) is 33.4 Å². The van der Waals surface area contributed by atoms with Gasteiger partial charge in [-0.25, -0.2) is 9.59 Å². The fourth-order valence-electron chi connectivity index (χ4n) is 1.65. The predicted molar refractivity (Wildman–Crippen MR) is 71.7 cm³/mol. The Bertz CT molecular complexity index is 469. The molecule has 0 saturated heterocycles. The molecule has 1 heterocycles. The zero-order valence-electron chi connectivity index (χ0n) is 11.9. The second-order valence-electron chi connectivity index (χ2n) is 4.32. The molecule has 7 nitrogen and oxygen atoms in total. The number of urea groups is 1. The summed E-state index contributed by atoms with van der Waals surface area (Å²) in [5, 5.41) is 14.1. The highest BCUT2D eigenvalue weighted by Gasteiger charge is 2.14. The van der Waals surface area contributed by atoms with E-state index in [1.165, 1.54) is 6.07 Å². The van der Waals surface area contributed by atoms with Crippen molar-refractivity contribution in [2.75, 3.05) is 13.2 Å². The lowest BCUT2D eigenvalue weighted by Gasteiger charge is -2.12. The quantitative estimate of drug-likeness (QED) is 0.704. The van der Waals surface area contributed by atoms with Gasteiger partial charge in [-0.15, -0.1) is 0 Å². The van der Waals surface area contributed by atoms with E-state index in [9.17, 15) is 9.59 Å². The molecule has 0 spiro atoms. The molecule has 0 aliphatic carbocycles. The average molecular weight is 284 g/mol. The molecule has 1 aromatic rings. The Labute approximate surface area is 117 Å². The zero-order valence-corrected chi connectivity index (χ0v) is 11.9. The van der Waals surface area contributed by atoms with Gasteiger partial charge in [0, 0.05) is 13.2 Å². The van der Waals surface area contributed by atoms with Gasteiger partial charge in [-0.2, -0.15) is 0 Å². The maximum Gasteiger partial charge on any atom is 0.339 e. The summed E-state index contributed by atoms with van der Waals surface area (Å²) < 4.78 is 10.5. The Morgan fingerprint density at radius 2 is 2.15 bits per heavy atom. The molecule has 20 heavy (non-hydrogen) atoms. The van der Waals surface area contributed by atoms with Crippen LogP contribution in [0.15, 0.2) is 10.5 Å². The fourth-order valence-corrected chi connectivity index (χ4v) is 1.65. The number of rotatable bonds is 7. The Kier molecular flexibility index (Phi) is 6.05. The third kappa shape index (κ3) is 4.93. The first-order valence-corrected chi connectivity index (χ1v) is 6.40. The number of amides is 2. The third-order valence-electron chi connectivity index (χ3n) is 2.62. The maximum absolute atomic E-state index is 11.5. The molecule has 3 N–H and O–H groups in total. The molecule has 0 aromatic carbocycles. The summed E-state index contributed by atoms with van der Waals surface area (Å²) in [7, 11) is 0. The maximum atomic E-state index is 11.5. The molecule has 0 aliphatic rings. The highest BCUT2D eigenvalue weighted by molar-refractivity contribution is 5.88. The molecule has 1 aromatic heterocycles. The summed E-state index contributed by atoms with van der Waals surface area (Å²) in [5.74, 6) is -0.333. The van der Waals surface area contributed by atoms with Crippen LogP contribution in [0.25, 0.3) is 0 Å². The summed E-state index contributed by atoms with van der Waals surface area (Å²) in [5.41, 5.74) is 0.104. The van der Waals surface area contributed by atoms with Crippen molar-refractivity contribution >= 4 is 12.0 Å². The minimum Gasteiger partial charge on any atom is -0.478 e. The van der Waals surface area contributed by atoms with E-state index in [-0.39, 0.29) is 24.2 Å². The predicted octanol–water partition coefficient (Wildman–Crippen LogP) is 1.51. The van der Waals surface area contributed by atoms with Crippen LogP contribution in [0.2, 0.25) is 0 Å². The summed E-state index contributed by atoms with van der Waals surface area (Å²) in [6, 6.07) is 1.04. The average Bonchev–Trinajstić information content (AvgIpc) is 2.76. The molecular weight excluding hydrogens is 264 g/mol. The highest BCUT2D eigenvalue weighted by atomic mass is 16.5. The van der Waals surface area contributed by atoms with E-state index >= 15 is 0 Å². The molecule has 1 rings (SSSR count). The molecule has 2 amide bonds. The third-order valence-corrected chi connectivity index (χ3v) is 2.62. The smallest absolute Gasteiger partial charge is 0.339 e. The van der Waals surface area contributed by atoms with Crippen LogP contribution >= 0.6 is 0 Å². The summed E-state index contributed by atoms with van der Waals surface area (Å²) in [4.78, 5) is 22.4. The van der Waals surface area contributed by atoms with Crippen molar-refractivity contribution in [1.29, 1.82) is 0 Å². The fraction of sp³-hybridized carbons (Fsp3) is 0.538. The van der Waals surface area contributed by atoms with Crippen LogP contribution in [0.3, 0.4) is 0 Å². The lowest BCUT2D eigenvalue weighted by atomic mass is 10.2. The first kappa shape index (κ1) is 16.0. The van der Waals surface area contributed by atoms with E-state index in [4.69, 9.17) is 14.3 Å². The van der Waals surface area contributed by atoms with Crippen molar-refractivity contribution in [3.05, 3.63) is 23.2 Å². The summed E-state index contributed by atoms with van der Waals surface area (Å²) >= 11 is 0. The number of nitrogens with one attached hydrogen (secondary N) is 2. The van der Waals surface area contributed by atoms with Crippen molar-refractivity contribution in [1.82, 2.24) is 10.6 Å². The van der Waals surface area contributed by atoms with Crippen molar-refractivity contribution in [3.8, 4) is 0 Å². The largest absolute Gasteiger partial charge is 0.478 e. The molecular formula is C13H20N2O5. The topological polar surface area (TPSA) is 101 Å². The number of carbonyl (C=O) groups is 2. The molecule has 0 radical (unpaired) electrons. The van der Waals surface area contributed by atoms with E-state index in [2.05, 4.69) is 10.6 Å². The highest BCUT2D eigenvalue weighted by Crippen LogP contribution is 2.14. The minimum atomic E-state index is -1.05. The van der Waals surface area contributed by atoms with E-state index in [1.807, 2.05) is 13.8 Å². The Morgan fingerprint density at radius 1 is 1.45 bits per heavy atom. The number of furan rings is 1. The monoisotopic (exact) mass is 284 g/mol. The van der Waals surface area contributed by atoms with Gasteiger partial charge in [-0.1, -0.05) is 0 Å². The van der Waals surface area contributed by atoms with E-state index < -0.39 is 5.97 Å². The number of carbonyl (C=O) groups excluding carboxylic acids is 1. The van der Waals surface area contributed by atoms with Crippen LogP contribution in [0.1, 0.15) is 35.7 Å². The van der Waals surface area contributed by atoms with Gasteiger partial charge < -0.3 is 24.9 Å².